The average molecular weight is 250 g/mol. The van der Waals surface area contributed by atoms with Gasteiger partial charge in [0.05, 0.1) is 13.7 Å². The van der Waals surface area contributed by atoms with Gasteiger partial charge in [-0.05, 0) is 12.1 Å². The molecule has 100 valence electrons. The molecule has 4 heteroatoms. The van der Waals surface area contributed by atoms with Gasteiger partial charge in [-0.2, -0.15) is 0 Å². The van der Waals surface area contributed by atoms with Gasteiger partial charge in [0.25, 0.3) is 0 Å². The number of anilines is 1. The molecule has 0 aromatic heterocycles. The van der Waals surface area contributed by atoms with Crippen LogP contribution in [0.3, 0.4) is 0 Å². The largest absolute Gasteiger partial charge is 0.497 e. The third-order valence-corrected chi connectivity index (χ3v) is 3.40. The third-order valence-electron chi connectivity index (χ3n) is 3.40. The molecule has 1 aliphatic rings. The van der Waals surface area contributed by atoms with Crippen molar-refractivity contribution in [3.63, 3.8) is 0 Å². The first kappa shape index (κ1) is 13.2. The van der Waals surface area contributed by atoms with Gasteiger partial charge in [0.15, 0.2) is 0 Å². The average Bonchev–Trinajstić information content (AvgIpc) is 2.46. The maximum absolute atomic E-state index is 5.27. The van der Waals surface area contributed by atoms with Crippen molar-refractivity contribution in [1.82, 2.24) is 4.90 Å². The van der Waals surface area contributed by atoms with E-state index >= 15 is 0 Å². The number of benzene rings is 1. The lowest BCUT2D eigenvalue weighted by Gasteiger charge is -2.36. The quantitative estimate of drug-likeness (QED) is 0.790. The van der Waals surface area contributed by atoms with Crippen molar-refractivity contribution in [1.29, 1.82) is 0 Å². The van der Waals surface area contributed by atoms with Crippen molar-refractivity contribution < 1.29 is 9.47 Å². The Balaban J connectivity index is 1.88. The van der Waals surface area contributed by atoms with Crippen LogP contribution in [0.25, 0.3) is 0 Å². The molecular formula is C14H22N2O2. The molecular weight excluding hydrogens is 228 g/mol. The highest BCUT2D eigenvalue weighted by molar-refractivity contribution is 5.51. The smallest absolute Gasteiger partial charge is 0.120 e. The van der Waals surface area contributed by atoms with Crippen LogP contribution in [0.1, 0.15) is 0 Å². The number of piperazine rings is 1. The third kappa shape index (κ3) is 3.37. The van der Waals surface area contributed by atoms with E-state index in [0.29, 0.717) is 0 Å². The van der Waals surface area contributed by atoms with E-state index in [9.17, 15) is 0 Å². The number of nitrogens with zero attached hydrogens (tertiary/aromatic N) is 2. The van der Waals surface area contributed by atoms with Crippen molar-refractivity contribution in [2.24, 2.45) is 0 Å². The summed E-state index contributed by atoms with van der Waals surface area (Å²) in [5.41, 5.74) is 1.25. The van der Waals surface area contributed by atoms with Gasteiger partial charge in [-0.15, -0.1) is 0 Å². The van der Waals surface area contributed by atoms with E-state index in [-0.39, 0.29) is 0 Å². The van der Waals surface area contributed by atoms with E-state index in [0.717, 1.165) is 45.1 Å². The Morgan fingerprint density at radius 1 is 1.11 bits per heavy atom. The molecule has 0 amide bonds. The Kier molecular flexibility index (Phi) is 4.84. The van der Waals surface area contributed by atoms with Crippen LogP contribution < -0.4 is 9.64 Å². The molecule has 1 aromatic rings. The second kappa shape index (κ2) is 6.61. The Morgan fingerprint density at radius 3 is 2.56 bits per heavy atom. The zero-order valence-electron chi connectivity index (χ0n) is 11.3. The normalized spacial score (nSPS) is 16.9. The summed E-state index contributed by atoms with van der Waals surface area (Å²) in [7, 11) is 3.47. The van der Waals surface area contributed by atoms with Crippen LogP contribution in [0.5, 0.6) is 5.75 Å². The summed E-state index contributed by atoms with van der Waals surface area (Å²) >= 11 is 0. The highest BCUT2D eigenvalue weighted by atomic mass is 16.5. The molecule has 0 spiro atoms. The van der Waals surface area contributed by atoms with Crippen LogP contribution >= 0.6 is 0 Å². The summed E-state index contributed by atoms with van der Waals surface area (Å²) in [6, 6.07) is 8.28. The molecule has 1 aromatic carbocycles. The topological polar surface area (TPSA) is 24.9 Å². The fraction of sp³-hybridized carbons (Fsp3) is 0.571. The van der Waals surface area contributed by atoms with Gasteiger partial charge >= 0.3 is 0 Å². The molecule has 0 aliphatic carbocycles. The van der Waals surface area contributed by atoms with Gasteiger partial charge in [0.1, 0.15) is 5.75 Å². The standard InChI is InChI=1S/C14H22N2O2/c1-17-11-10-15-6-8-16(9-7-15)13-4-3-5-14(12-13)18-2/h3-5,12H,6-11H2,1-2H3. The number of hydrogen-bond donors (Lipinski definition) is 0. The van der Waals surface area contributed by atoms with E-state index in [1.165, 1.54) is 5.69 Å². The SMILES string of the molecule is COCCN1CCN(c2cccc(OC)c2)CC1. The van der Waals surface area contributed by atoms with Gasteiger partial charge in [0.2, 0.25) is 0 Å². The monoisotopic (exact) mass is 250 g/mol. The van der Waals surface area contributed by atoms with E-state index in [1.807, 2.05) is 12.1 Å². The van der Waals surface area contributed by atoms with Crippen LogP contribution in [-0.2, 0) is 4.74 Å². The van der Waals surface area contributed by atoms with Gasteiger partial charge < -0.3 is 14.4 Å². The molecule has 0 radical (unpaired) electrons. The highest BCUT2D eigenvalue weighted by Crippen LogP contribution is 2.21. The molecule has 1 aliphatic heterocycles. The highest BCUT2D eigenvalue weighted by Gasteiger charge is 2.16. The zero-order valence-corrected chi connectivity index (χ0v) is 11.3. The summed E-state index contributed by atoms with van der Waals surface area (Å²) < 4.78 is 10.4. The second-order valence-corrected chi connectivity index (χ2v) is 4.52. The van der Waals surface area contributed by atoms with Crippen LogP contribution in [0.15, 0.2) is 24.3 Å². The van der Waals surface area contributed by atoms with Crippen molar-refractivity contribution in [3.8, 4) is 5.75 Å². The molecule has 18 heavy (non-hydrogen) atoms. The minimum absolute atomic E-state index is 0.819. The predicted octanol–water partition coefficient (Wildman–Crippen LogP) is 1.46. The Hall–Kier alpha value is -1.26. The van der Waals surface area contributed by atoms with E-state index < -0.39 is 0 Å². The molecule has 1 heterocycles. The Bertz CT molecular complexity index is 363. The lowest BCUT2D eigenvalue weighted by Crippen LogP contribution is -2.47. The first-order valence-electron chi connectivity index (χ1n) is 6.44. The van der Waals surface area contributed by atoms with Gasteiger partial charge in [-0.25, -0.2) is 0 Å². The number of rotatable bonds is 5. The summed E-state index contributed by atoms with van der Waals surface area (Å²) in [4.78, 5) is 4.85. The van der Waals surface area contributed by atoms with Crippen molar-refractivity contribution in [2.45, 2.75) is 0 Å². The fourth-order valence-corrected chi connectivity index (χ4v) is 2.26. The molecule has 2 rings (SSSR count). The minimum Gasteiger partial charge on any atom is -0.497 e. The summed E-state index contributed by atoms with van der Waals surface area (Å²) in [5.74, 6) is 0.925. The van der Waals surface area contributed by atoms with Crippen LogP contribution in [0.4, 0.5) is 5.69 Å². The fourth-order valence-electron chi connectivity index (χ4n) is 2.26. The van der Waals surface area contributed by atoms with Crippen LogP contribution in [0.2, 0.25) is 0 Å². The summed E-state index contributed by atoms with van der Waals surface area (Å²) in [5, 5.41) is 0. The molecule has 0 bridgehead atoms. The predicted molar refractivity (Wildman–Crippen MR) is 73.5 cm³/mol. The van der Waals surface area contributed by atoms with Crippen molar-refractivity contribution >= 4 is 5.69 Å². The Labute approximate surface area is 109 Å². The molecule has 1 fully saturated rings. The molecule has 0 atom stereocenters. The molecule has 0 unspecified atom stereocenters. The number of hydrogen-bond acceptors (Lipinski definition) is 4. The zero-order chi connectivity index (χ0) is 12.8. The van der Waals surface area contributed by atoms with Gasteiger partial charge in [0, 0.05) is 51.6 Å². The van der Waals surface area contributed by atoms with E-state index in [4.69, 9.17) is 9.47 Å². The first-order chi connectivity index (χ1) is 8.83. The Morgan fingerprint density at radius 2 is 1.89 bits per heavy atom. The van der Waals surface area contributed by atoms with Gasteiger partial charge in [-0.1, -0.05) is 6.07 Å². The van der Waals surface area contributed by atoms with Crippen molar-refractivity contribution in [3.05, 3.63) is 24.3 Å². The lowest BCUT2D eigenvalue weighted by molar-refractivity contribution is 0.144. The summed E-state index contributed by atoms with van der Waals surface area (Å²) in [6.07, 6.45) is 0. The van der Waals surface area contributed by atoms with E-state index in [2.05, 4.69) is 21.9 Å². The first-order valence-corrected chi connectivity index (χ1v) is 6.44. The molecule has 0 saturated carbocycles. The number of methoxy groups -OCH3 is 2. The van der Waals surface area contributed by atoms with Gasteiger partial charge in [-0.3, -0.25) is 4.90 Å². The second-order valence-electron chi connectivity index (χ2n) is 4.52. The lowest BCUT2D eigenvalue weighted by atomic mass is 10.2. The van der Waals surface area contributed by atoms with Crippen molar-refractivity contribution in [2.75, 3.05) is 58.5 Å². The molecule has 0 N–H and O–H groups in total. The summed E-state index contributed by atoms with van der Waals surface area (Å²) in [6.45, 7) is 6.18. The van der Waals surface area contributed by atoms with E-state index in [1.54, 1.807) is 14.2 Å². The maximum atomic E-state index is 5.27. The minimum atomic E-state index is 0.819. The molecule has 4 nitrogen and oxygen atoms in total. The van der Waals surface area contributed by atoms with Crippen LogP contribution in [-0.4, -0.2) is 58.5 Å². The van der Waals surface area contributed by atoms with Crippen LogP contribution in [0, 0.1) is 0 Å². The number of ether oxygens (including phenoxy) is 2. The maximum Gasteiger partial charge on any atom is 0.120 e. The molecule has 1 saturated heterocycles.